The number of fused-ring (bicyclic) bond motifs is 1. The Labute approximate surface area is 213 Å². The third kappa shape index (κ3) is 5.62. The van der Waals surface area contributed by atoms with Crippen LogP contribution in [0.4, 0.5) is 10.3 Å². The molecule has 0 aliphatic rings. The van der Waals surface area contributed by atoms with Crippen molar-refractivity contribution in [3.63, 3.8) is 0 Å². The lowest BCUT2D eigenvalue weighted by Crippen LogP contribution is -2.28. The number of hydrogen-bond acceptors (Lipinski definition) is 8. The Hall–Kier alpha value is -3.83. The van der Waals surface area contributed by atoms with Crippen LogP contribution in [0.3, 0.4) is 0 Å². The summed E-state index contributed by atoms with van der Waals surface area (Å²) in [4.78, 5) is 21.4. The number of phenolic OH excluding ortho intramolecular Hbond substituents is 1. The molecule has 2 heterocycles. The number of anilines is 1. The van der Waals surface area contributed by atoms with Crippen LogP contribution in [0, 0.1) is 5.82 Å². The van der Waals surface area contributed by atoms with Crippen molar-refractivity contribution in [2.75, 3.05) is 17.6 Å². The predicted molar refractivity (Wildman–Crippen MR) is 137 cm³/mol. The van der Waals surface area contributed by atoms with E-state index in [1.807, 2.05) is 13.8 Å². The van der Waals surface area contributed by atoms with Crippen LogP contribution in [0.15, 0.2) is 57.7 Å². The van der Waals surface area contributed by atoms with Gasteiger partial charge in [0.2, 0.25) is 16.0 Å². The zero-order valence-corrected chi connectivity index (χ0v) is 21.5. The molecule has 0 amide bonds. The smallest absolute Gasteiger partial charge is 0.347 e. The number of sulfonamides is 1. The van der Waals surface area contributed by atoms with Crippen molar-refractivity contribution in [2.45, 2.75) is 33.0 Å². The van der Waals surface area contributed by atoms with E-state index in [-0.39, 0.29) is 42.0 Å². The molecule has 4 rings (SSSR count). The summed E-state index contributed by atoms with van der Waals surface area (Å²) in [7, 11) is -2.28. The van der Waals surface area contributed by atoms with E-state index in [1.54, 1.807) is 30.3 Å². The molecule has 0 bridgehead atoms. The molecule has 0 saturated heterocycles. The summed E-state index contributed by atoms with van der Waals surface area (Å²) in [6, 6.07) is 12.0. The van der Waals surface area contributed by atoms with Crippen LogP contribution in [0.25, 0.3) is 22.0 Å². The van der Waals surface area contributed by atoms with E-state index in [0.29, 0.717) is 27.9 Å². The number of ether oxygens (including phenoxy) is 1. The number of nitrogens with zero attached hydrogens (tertiary/aromatic N) is 3. The highest BCUT2D eigenvalue weighted by molar-refractivity contribution is 7.92. The molecule has 37 heavy (non-hydrogen) atoms. The topological polar surface area (TPSA) is 123 Å². The minimum Gasteiger partial charge on any atom is -0.507 e. The molecule has 0 fully saturated rings. The zero-order chi connectivity index (χ0) is 26.9. The second kappa shape index (κ2) is 10.3. The van der Waals surface area contributed by atoms with Gasteiger partial charge in [-0.3, -0.25) is 0 Å². The maximum absolute atomic E-state index is 13.6. The van der Waals surface area contributed by atoms with Crippen molar-refractivity contribution in [3.8, 4) is 17.0 Å². The summed E-state index contributed by atoms with van der Waals surface area (Å²) in [6.45, 7) is 3.75. The lowest BCUT2D eigenvalue weighted by molar-refractivity contribution is 0.0903. The van der Waals surface area contributed by atoms with Gasteiger partial charge in [-0.15, -0.1) is 0 Å². The van der Waals surface area contributed by atoms with Gasteiger partial charge in [0.15, 0.2) is 0 Å². The fourth-order valence-corrected chi connectivity index (χ4v) is 4.22. The average molecular weight is 528 g/mol. The first-order valence-corrected chi connectivity index (χ1v) is 13.2. The molecular formula is C26H26FN3O6S. The van der Waals surface area contributed by atoms with E-state index >= 15 is 0 Å². The third-order valence-electron chi connectivity index (χ3n) is 5.78. The van der Waals surface area contributed by atoms with Gasteiger partial charge in [0.1, 0.15) is 29.3 Å². The van der Waals surface area contributed by atoms with Crippen LogP contribution in [-0.2, 0) is 28.0 Å². The molecule has 0 aliphatic heterocycles. The minimum atomic E-state index is -3.64. The van der Waals surface area contributed by atoms with Gasteiger partial charge in [0.05, 0.1) is 24.3 Å². The van der Waals surface area contributed by atoms with Gasteiger partial charge in [-0.2, -0.15) is 0 Å². The average Bonchev–Trinajstić information content (AvgIpc) is 2.83. The Morgan fingerprint density at radius 1 is 1.11 bits per heavy atom. The molecule has 0 aliphatic carbocycles. The van der Waals surface area contributed by atoms with E-state index < -0.39 is 21.5 Å². The van der Waals surface area contributed by atoms with Gasteiger partial charge in [0.25, 0.3) is 0 Å². The number of aromatic hydroxyl groups is 1. The van der Waals surface area contributed by atoms with Gasteiger partial charge in [-0.1, -0.05) is 26.0 Å². The van der Waals surface area contributed by atoms with Crippen LogP contribution in [0.1, 0.15) is 36.8 Å². The fourth-order valence-electron chi connectivity index (χ4n) is 3.84. The number of hydrogen-bond donors (Lipinski definition) is 1. The Kier molecular flexibility index (Phi) is 7.28. The van der Waals surface area contributed by atoms with Crippen molar-refractivity contribution < 1.29 is 27.1 Å². The number of benzene rings is 2. The monoisotopic (exact) mass is 527 g/mol. The molecule has 0 unspecified atom stereocenters. The molecule has 11 heteroatoms. The van der Waals surface area contributed by atoms with Gasteiger partial charge < -0.3 is 14.3 Å². The summed E-state index contributed by atoms with van der Waals surface area (Å²) in [5.41, 5.74) is 1.42. The fraction of sp³-hybridized carbons (Fsp3) is 0.269. The molecule has 1 N–H and O–H groups in total. The van der Waals surface area contributed by atoms with Crippen LogP contribution in [-0.4, -0.2) is 36.8 Å². The Morgan fingerprint density at radius 3 is 2.46 bits per heavy atom. The van der Waals surface area contributed by atoms with Crippen molar-refractivity contribution in [3.05, 3.63) is 81.8 Å². The van der Waals surface area contributed by atoms with Crippen LogP contribution >= 0.6 is 0 Å². The molecule has 0 radical (unpaired) electrons. The summed E-state index contributed by atoms with van der Waals surface area (Å²) >= 11 is 0. The highest BCUT2D eigenvalue weighted by Gasteiger charge is 2.23. The first kappa shape index (κ1) is 26.2. The van der Waals surface area contributed by atoms with Gasteiger partial charge in [-0.05, 0) is 47.7 Å². The standard InChI is InChI=1S/C26H26FN3O6S/c1-15(2)23-20(14-35-13-19-12-17-6-5-7-21(31)22(17)25(32)36-19)24(16-8-10-18(27)11-9-16)29-26(28-23)30(3)37(4,33)34/h5-12,15,31H,13-14H2,1-4H3. The molecule has 4 aromatic rings. The number of aromatic nitrogens is 2. The van der Waals surface area contributed by atoms with Crippen molar-refractivity contribution in [1.29, 1.82) is 0 Å². The molecule has 0 saturated carbocycles. The van der Waals surface area contributed by atoms with Crippen LogP contribution < -0.4 is 9.93 Å². The molecule has 0 spiro atoms. The molecule has 194 valence electrons. The second-order valence-corrected chi connectivity index (χ2v) is 10.9. The maximum Gasteiger partial charge on any atom is 0.347 e. The first-order chi connectivity index (χ1) is 17.5. The molecular weight excluding hydrogens is 501 g/mol. The predicted octanol–water partition coefficient (Wildman–Crippen LogP) is 4.33. The van der Waals surface area contributed by atoms with Crippen molar-refractivity contribution in [1.82, 2.24) is 9.97 Å². The van der Waals surface area contributed by atoms with Gasteiger partial charge in [0, 0.05) is 18.2 Å². The van der Waals surface area contributed by atoms with E-state index in [1.165, 1.54) is 25.2 Å². The van der Waals surface area contributed by atoms with E-state index in [9.17, 15) is 22.7 Å². The Balaban J connectivity index is 1.74. The van der Waals surface area contributed by atoms with E-state index in [0.717, 1.165) is 10.6 Å². The Morgan fingerprint density at radius 2 is 1.81 bits per heavy atom. The summed E-state index contributed by atoms with van der Waals surface area (Å²) in [6.07, 6.45) is 1.05. The second-order valence-electron chi connectivity index (χ2n) is 8.86. The molecule has 0 atom stereocenters. The van der Waals surface area contributed by atoms with Crippen LogP contribution in [0.2, 0.25) is 0 Å². The van der Waals surface area contributed by atoms with Crippen molar-refractivity contribution >= 4 is 26.7 Å². The number of phenols is 1. The number of halogens is 1. The highest BCUT2D eigenvalue weighted by atomic mass is 32.2. The minimum absolute atomic E-state index is 0.00484. The first-order valence-electron chi connectivity index (χ1n) is 11.4. The summed E-state index contributed by atoms with van der Waals surface area (Å²) < 4.78 is 50.2. The van der Waals surface area contributed by atoms with Crippen LogP contribution in [0.5, 0.6) is 5.75 Å². The summed E-state index contributed by atoms with van der Waals surface area (Å²) in [5.74, 6) is -0.485. The normalized spacial score (nSPS) is 11.8. The zero-order valence-electron chi connectivity index (χ0n) is 20.7. The lowest BCUT2D eigenvalue weighted by Gasteiger charge is -2.21. The number of rotatable bonds is 8. The highest BCUT2D eigenvalue weighted by Crippen LogP contribution is 2.31. The largest absolute Gasteiger partial charge is 0.507 e. The summed E-state index contributed by atoms with van der Waals surface area (Å²) in [5, 5.41) is 10.6. The Bertz CT molecular complexity index is 1620. The molecule has 2 aromatic heterocycles. The quantitative estimate of drug-likeness (QED) is 0.359. The SMILES string of the molecule is CC(C)c1nc(N(C)S(C)(=O)=O)nc(-c2ccc(F)cc2)c1COCc1cc2cccc(O)c2c(=O)o1. The molecule has 2 aromatic carbocycles. The van der Waals surface area contributed by atoms with Crippen molar-refractivity contribution in [2.24, 2.45) is 0 Å². The van der Waals surface area contributed by atoms with Gasteiger partial charge >= 0.3 is 5.63 Å². The lowest BCUT2D eigenvalue weighted by atomic mass is 9.99. The van der Waals surface area contributed by atoms with E-state index in [2.05, 4.69) is 9.97 Å². The molecule has 9 nitrogen and oxygen atoms in total. The van der Waals surface area contributed by atoms with Gasteiger partial charge in [-0.25, -0.2) is 31.9 Å². The third-order valence-corrected chi connectivity index (χ3v) is 6.94. The van der Waals surface area contributed by atoms with E-state index in [4.69, 9.17) is 9.15 Å². The maximum atomic E-state index is 13.6.